The highest BCUT2D eigenvalue weighted by Gasteiger charge is 2.09. The molecule has 0 fully saturated rings. The van der Waals surface area contributed by atoms with Gasteiger partial charge in [0.15, 0.2) is 0 Å². The maximum atomic E-state index is 11.8. The van der Waals surface area contributed by atoms with Crippen molar-refractivity contribution in [2.45, 2.75) is 20.8 Å². The monoisotopic (exact) mass is 258 g/mol. The van der Waals surface area contributed by atoms with Crippen molar-refractivity contribution in [1.82, 2.24) is 0 Å². The van der Waals surface area contributed by atoms with Crippen LogP contribution in [0.2, 0.25) is 0 Å². The molecule has 0 aliphatic carbocycles. The topological polar surface area (TPSA) is 35.5 Å². The second kappa shape index (κ2) is 5.74. The number of fused-ring (bicyclic) bond motifs is 1. The quantitative estimate of drug-likeness (QED) is 0.784. The summed E-state index contributed by atoms with van der Waals surface area (Å²) in [4.78, 5) is 11.8. The highest BCUT2D eigenvalue weighted by atomic mass is 16.5. The third-order valence-electron chi connectivity index (χ3n) is 2.95. The van der Waals surface area contributed by atoms with E-state index in [1.165, 1.54) is 0 Å². The van der Waals surface area contributed by atoms with Crippen LogP contribution in [0.1, 0.15) is 29.8 Å². The lowest BCUT2D eigenvalue weighted by Gasteiger charge is -2.09. The Balaban J connectivity index is 2.49. The molecule has 0 aliphatic heterocycles. The summed E-state index contributed by atoms with van der Waals surface area (Å²) in [6.45, 7) is 6.76. The molecule has 2 aromatic carbocycles. The molecule has 0 atom stereocenters. The number of aryl methyl sites for hydroxylation is 1. The number of hydrogen-bond acceptors (Lipinski definition) is 3. The van der Waals surface area contributed by atoms with Crippen molar-refractivity contribution >= 4 is 16.7 Å². The first-order valence-corrected chi connectivity index (χ1v) is 6.50. The number of hydrogen-bond donors (Lipinski definition) is 0. The fourth-order valence-corrected chi connectivity index (χ4v) is 2.13. The molecule has 0 saturated carbocycles. The van der Waals surface area contributed by atoms with Gasteiger partial charge in [0.25, 0.3) is 0 Å². The Morgan fingerprint density at radius 1 is 1.11 bits per heavy atom. The van der Waals surface area contributed by atoms with Gasteiger partial charge >= 0.3 is 5.97 Å². The molecule has 0 unspecified atom stereocenters. The molecular weight excluding hydrogens is 240 g/mol. The van der Waals surface area contributed by atoms with Gasteiger partial charge in [0.1, 0.15) is 5.75 Å². The van der Waals surface area contributed by atoms with E-state index in [-0.39, 0.29) is 5.97 Å². The summed E-state index contributed by atoms with van der Waals surface area (Å²) in [6.07, 6.45) is 0. The third kappa shape index (κ3) is 2.87. The highest BCUT2D eigenvalue weighted by Crippen LogP contribution is 2.25. The summed E-state index contributed by atoms with van der Waals surface area (Å²) in [5.74, 6) is 0.532. The normalized spacial score (nSPS) is 10.5. The smallest absolute Gasteiger partial charge is 0.338 e. The molecule has 0 bridgehead atoms. The van der Waals surface area contributed by atoms with Crippen LogP contribution >= 0.6 is 0 Å². The van der Waals surface area contributed by atoms with Gasteiger partial charge in [-0.05, 0) is 61.4 Å². The molecule has 0 aliphatic rings. The molecular formula is C16H18O3. The van der Waals surface area contributed by atoms with E-state index in [9.17, 15) is 4.79 Å². The average Bonchev–Trinajstić information content (AvgIpc) is 2.39. The van der Waals surface area contributed by atoms with Gasteiger partial charge in [0.2, 0.25) is 0 Å². The number of benzene rings is 2. The molecule has 0 heterocycles. The van der Waals surface area contributed by atoms with E-state index in [0.717, 1.165) is 22.1 Å². The van der Waals surface area contributed by atoms with Gasteiger partial charge in [0.05, 0.1) is 18.8 Å². The molecule has 0 amide bonds. The zero-order chi connectivity index (χ0) is 13.8. The van der Waals surface area contributed by atoms with Crippen molar-refractivity contribution in [3.63, 3.8) is 0 Å². The maximum absolute atomic E-state index is 11.8. The predicted molar refractivity (Wildman–Crippen MR) is 75.8 cm³/mol. The van der Waals surface area contributed by atoms with Crippen LogP contribution in [0, 0.1) is 6.92 Å². The van der Waals surface area contributed by atoms with Gasteiger partial charge in [-0.2, -0.15) is 0 Å². The standard InChI is InChI=1S/C16H18O3/c1-4-18-14-6-7-15-11(3)8-13(9-12(15)10-14)16(17)19-5-2/h6-10H,4-5H2,1-3H3. The van der Waals surface area contributed by atoms with Crippen molar-refractivity contribution in [2.75, 3.05) is 13.2 Å². The van der Waals surface area contributed by atoms with Crippen molar-refractivity contribution in [3.05, 3.63) is 41.5 Å². The Hall–Kier alpha value is -2.03. The van der Waals surface area contributed by atoms with Crippen LogP contribution in [0.5, 0.6) is 5.75 Å². The van der Waals surface area contributed by atoms with Crippen LogP contribution in [0.25, 0.3) is 10.8 Å². The largest absolute Gasteiger partial charge is 0.494 e. The Bertz CT molecular complexity index is 602. The van der Waals surface area contributed by atoms with Crippen molar-refractivity contribution in [3.8, 4) is 5.75 Å². The van der Waals surface area contributed by atoms with Crippen LogP contribution in [0.4, 0.5) is 0 Å². The van der Waals surface area contributed by atoms with E-state index in [4.69, 9.17) is 9.47 Å². The first-order chi connectivity index (χ1) is 9.15. The molecule has 0 N–H and O–H groups in total. The average molecular weight is 258 g/mol. The Labute approximate surface area is 113 Å². The van der Waals surface area contributed by atoms with Crippen LogP contribution in [0.15, 0.2) is 30.3 Å². The predicted octanol–water partition coefficient (Wildman–Crippen LogP) is 3.72. The lowest BCUT2D eigenvalue weighted by Crippen LogP contribution is -2.05. The molecule has 0 saturated heterocycles. The van der Waals surface area contributed by atoms with Gasteiger partial charge in [-0.1, -0.05) is 6.07 Å². The summed E-state index contributed by atoms with van der Waals surface area (Å²) in [7, 11) is 0. The zero-order valence-corrected chi connectivity index (χ0v) is 11.5. The van der Waals surface area contributed by atoms with E-state index in [2.05, 4.69) is 0 Å². The van der Waals surface area contributed by atoms with E-state index in [0.29, 0.717) is 18.8 Å². The molecule has 2 rings (SSSR count). The minimum atomic E-state index is -0.283. The first kappa shape index (κ1) is 13.4. The van der Waals surface area contributed by atoms with Gasteiger partial charge in [-0.3, -0.25) is 0 Å². The summed E-state index contributed by atoms with van der Waals surface area (Å²) in [5, 5.41) is 2.12. The molecule has 100 valence electrons. The SMILES string of the molecule is CCOC(=O)c1cc(C)c2ccc(OCC)cc2c1. The van der Waals surface area contributed by atoms with Crippen molar-refractivity contribution in [1.29, 1.82) is 0 Å². The number of esters is 1. The summed E-state index contributed by atoms with van der Waals surface area (Å²) in [5.41, 5.74) is 1.64. The Kier molecular flexibility index (Phi) is 4.05. The third-order valence-corrected chi connectivity index (χ3v) is 2.95. The van der Waals surface area contributed by atoms with Gasteiger partial charge in [-0.15, -0.1) is 0 Å². The number of rotatable bonds is 4. The van der Waals surface area contributed by atoms with Crippen LogP contribution < -0.4 is 4.74 Å². The van der Waals surface area contributed by atoms with E-state index in [1.807, 2.05) is 44.2 Å². The number of carbonyl (C=O) groups is 1. The second-order valence-electron chi connectivity index (χ2n) is 4.33. The minimum absolute atomic E-state index is 0.283. The number of ether oxygens (including phenoxy) is 2. The highest BCUT2D eigenvalue weighted by molar-refractivity contribution is 5.97. The second-order valence-corrected chi connectivity index (χ2v) is 4.33. The van der Waals surface area contributed by atoms with Gasteiger partial charge in [0, 0.05) is 0 Å². The number of carbonyl (C=O) groups excluding carboxylic acids is 1. The van der Waals surface area contributed by atoms with E-state index >= 15 is 0 Å². The Morgan fingerprint density at radius 2 is 1.89 bits per heavy atom. The zero-order valence-electron chi connectivity index (χ0n) is 11.5. The fraction of sp³-hybridized carbons (Fsp3) is 0.312. The lowest BCUT2D eigenvalue weighted by atomic mass is 10.0. The Morgan fingerprint density at radius 3 is 2.58 bits per heavy atom. The fourth-order valence-electron chi connectivity index (χ4n) is 2.13. The summed E-state index contributed by atoms with van der Waals surface area (Å²) < 4.78 is 10.5. The molecule has 3 nitrogen and oxygen atoms in total. The maximum Gasteiger partial charge on any atom is 0.338 e. The molecule has 19 heavy (non-hydrogen) atoms. The van der Waals surface area contributed by atoms with Gasteiger partial charge in [-0.25, -0.2) is 4.79 Å². The lowest BCUT2D eigenvalue weighted by molar-refractivity contribution is 0.0526. The molecule has 0 aromatic heterocycles. The van der Waals surface area contributed by atoms with Crippen LogP contribution in [-0.2, 0) is 4.74 Å². The first-order valence-electron chi connectivity index (χ1n) is 6.50. The summed E-state index contributed by atoms with van der Waals surface area (Å²) in [6, 6.07) is 9.63. The van der Waals surface area contributed by atoms with Crippen molar-refractivity contribution in [2.24, 2.45) is 0 Å². The summed E-state index contributed by atoms with van der Waals surface area (Å²) >= 11 is 0. The van der Waals surface area contributed by atoms with Crippen LogP contribution in [-0.4, -0.2) is 19.2 Å². The van der Waals surface area contributed by atoms with E-state index < -0.39 is 0 Å². The molecule has 3 heteroatoms. The minimum Gasteiger partial charge on any atom is -0.494 e. The van der Waals surface area contributed by atoms with Crippen LogP contribution in [0.3, 0.4) is 0 Å². The molecule has 0 radical (unpaired) electrons. The van der Waals surface area contributed by atoms with E-state index in [1.54, 1.807) is 6.92 Å². The van der Waals surface area contributed by atoms with Gasteiger partial charge < -0.3 is 9.47 Å². The van der Waals surface area contributed by atoms with Crippen molar-refractivity contribution < 1.29 is 14.3 Å². The molecule has 2 aromatic rings. The molecule has 0 spiro atoms.